The Morgan fingerprint density at radius 1 is 1.37 bits per heavy atom. The van der Waals surface area contributed by atoms with Gasteiger partial charge in [-0.1, -0.05) is 17.7 Å². The van der Waals surface area contributed by atoms with Crippen LogP contribution >= 0.6 is 22.9 Å². The lowest BCUT2D eigenvalue weighted by atomic mass is 10.1. The van der Waals surface area contributed by atoms with Crippen molar-refractivity contribution in [3.05, 3.63) is 69.0 Å². The number of pyridine rings is 1. The molecule has 0 unspecified atom stereocenters. The maximum absolute atomic E-state index is 13.2. The summed E-state index contributed by atoms with van der Waals surface area (Å²) in [7, 11) is -4.11. The van der Waals surface area contributed by atoms with E-state index in [1.165, 1.54) is 12.5 Å². The van der Waals surface area contributed by atoms with E-state index in [9.17, 15) is 23.4 Å². The molecule has 1 aliphatic carbocycles. The summed E-state index contributed by atoms with van der Waals surface area (Å²) < 4.78 is 26.7. The van der Waals surface area contributed by atoms with Crippen LogP contribution in [0.3, 0.4) is 0 Å². The van der Waals surface area contributed by atoms with E-state index in [0.29, 0.717) is 29.0 Å². The van der Waals surface area contributed by atoms with Crippen LogP contribution in [0.1, 0.15) is 45.4 Å². The van der Waals surface area contributed by atoms with Crippen LogP contribution in [-0.2, 0) is 14.5 Å². The first kappa shape index (κ1) is 25.6. The summed E-state index contributed by atoms with van der Waals surface area (Å²) in [6.45, 7) is -0.241. The molecule has 0 radical (unpaired) electrons. The molecule has 1 aliphatic rings. The average molecular weight is 540 g/mol. The van der Waals surface area contributed by atoms with Crippen LogP contribution in [0.5, 0.6) is 0 Å². The lowest BCUT2D eigenvalue weighted by molar-refractivity contribution is 0.101. The molecule has 3 aromatic rings. The minimum absolute atomic E-state index is 0.218. The van der Waals surface area contributed by atoms with Crippen molar-refractivity contribution in [1.29, 1.82) is 0 Å². The number of nitrogens with one attached hydrogen (secondary N) is 1. The molecule has 1 saturated carbocycles. The first-order valence-electron chi connectivity index (χ1n) is 10.5. The molecular formula is C21H22ClN5O6S2. The van der Waals surface area contributed by atoms with Gasteiger partial charge in [0.25, 0.3) is 0 Å². The monoisotopic (exact) mass is 539 g/mol. The number of hydrogen-bond acceptors (Lipinski definition) is 11. The molecule has 35 heavy (non-hydrogen) atoms. The van der Waals surface area contributed by atoms with Crippen molar-refractivity contribution in [1.82, 2.24) is 15.0 Å². The van der Waals surface area contributed by atoms with E-state index in [-0.39, 0.29) is 35.0 Å². The predicted molar refractivity (Wildman–Crippen MR) is 128 cm³/mol. The van der Waals surface area contributed by atoms with Crippen molar-refractivity contribution in [3.63, 3.8) is 0 Å². The molecule has 0 bridgehead atoms. The second kappa shape index (κ2) is 10.6. The first-order chi connectivity index (χ1) is 16.6. The highest BCUT2D eigenvalue weighted by Crippen LogP contribution is 2.31. The van der Waals surface area contributed by atoms with E-state index in [1.54, 1.807) is 29.6 Å². The quantitative estimate of drug-likeness (QED) is 0.231. The minimum Gasteiger partial charge on any atom is -0.393 e. The summed E-state index contributed by atoms with van der Waals surface area (Å²) in [6.07, 6.45) is 1.51. The van der Waals surface area contributed by atoms with Crippen LogP contribution < -0.4 is 10.5 Å². The summed E-state index contributed by atoms with van der Waals surface area (Å²) >= 11 is 7.07. The third kappa shape index (κ3) is 6.38. The molecule has 1 fully saturated rings. The number of aromatic nitrogens is 3. The zero-order valence-corrected chi connectivity index (χ0v) is 20.5. The van der Waals surface area contributed by atoms with Crippen LogP contribution in [0.25, 0.3) is 0 Å². The van der Waals surface area contributed by atoms with Crippen LogP contribution in [-0.4, -0.2) is 58.1 Å². The Kier molecular flexibility index (Phi) is 7.76. The topological polar surface area (TPSA) is 178 Å². The molecule has 0 aliphatic heterocycles. The van der Waals surface area contributed by atoms with Gasteiger partial charge in [0.05, 0.1) is 28.8 Å². The van der Waals surface area contributed by atoms with Gasteiger partial charge in [-0.3, -0.25) is 8.98 Å². The maximum atomic E-state index is 13.2. The van der Waals surface area contributed by atoms with Crippen molar-refractivity contribution in [3.8, 4) is 0 Å². The number of carbonyl (C=O) groups is 1. The molecule has 0 aromatic carbocycles. The molecule has 3 heterocycles. The molecule has 4 atom stereocenters. The molecule has 4 rings (SSSR count). The van der Waals surface area contributed by atoms with E-state index in [2.05, 4.69) is 24.5 Å². The van der Waals surface area contributed by atoms with Crippen molar-refractivity contribution < 1.29 is 27.6 Å². The number of ketones is 1. The van der Waals surface area contributed by atoms with Gasteiger partial charge in [0.15, 0.2) is 0 Å². The number of hydrogen-bond donors (Lipinski definition) is 4. The third-order valence-electron chi connectivity index (χ3n) is 5.58. The fraction of sp³-hybridized carbons (Fsp3) is 0.333. The normalized spacial score (nSPS) is 21.1. The van der Waals surface area contributed by atoms with Crippen molar-refractivity contribution >= 4 is 44.8 Å². The second-order valence-corrected chi connectivity index (χ2v) is 10.6. The molecular weight excluding hydrogens is 518 g/mol. The summed E-state index contributed by atoms with van der Waals surface area (Å²) in [4.78, 5) is 25.8. The first-order valence-corrected chi connectivity index (χ1v) is 13.2. The standard InChI is InChI=1S/C21H22ClN5O6S2/c22-18-3-1-2-15(27-18)19(29)12-5-17(34-9-12)20(30)14-7-24-10-25-21(14)26-13-4-11(16(28)6-13)8-33-35(23,31)32/h1-3,5,7,9-11,13,16,19,28-29H,4,6,8H2,(H2,23,31,32)(H,24,25,26)/t11-,13-,16+,19+/m1/s1. The Labute approximate surface area is 210 Å². The Morgan fingerprint density at radius 2 is 2.17 bits per heavy atom. The van der Waals surface area contributed by atoms with Gasteiger partial charge in [0.2, 0.25) is 5.78 Å². The van der Waals surface area contributed by atoms with Gasteiger partial charge in [0, 0.05) is 18.2 Å². The Morgan fingerprint density at radius 3 is 2.91 bits per heavy atom. The zero-order chi connectivity index (χ0) is 25.2. The summed E-state index contributed by atoms with van der Waals surface area (Å²) in [5.41, 5.74) is 1.08. The van der Waals surface area contributed by atoms with Gasteiger partial charge in [-0.2, -0.15) is 8.42 Å². The highest BCUT2D eigenvalue weighted by atomic mass is 35.5. The number of aliphatic hydroxyl groups excluding tert-OH is 2. The van der Waals surface area contributed by atoms with Gasteiger partial charge in [0.1, 0.15) is 23.4 Å². The SMILES string of the molecule is NS(=O)(=O)OC[C@H]1C[C@@H](Nc2ncncc2C(=O)c2cc([C@H](O)c3cccc(Cl)n3)cs2)C[C@@H]1O. The second-order valence-electron chi connectivity index (χ2n) is 8.06. The van der Waals surface area contributed by atoms with E-state index in [1.807, 2.05) is 0 Å². The number of nitrogens with two attached hydrogens (primary N) is 1. The maximum Gasteiger partial charge on any atom is 0.333 e. The smallest absolute Gasteiger partial charge is 0.333 e. The molecule has 0 spiro atoms. The number of anilines is 1. The van der Waals surface area contributed by atoms with Gasteiger partial charge >= 0.3 is 10.3 Å². The van der Waals surface area contributed by atoms with E-state index >= 15 is 0 Å². The molecule has 5 N–H and O–H groups in total. The van der Waals surface area contributed by atoms with Gasteiger partial charge in [-0.25, -0.2) is 20.1 Å². The van der Waals surface area contributed by atoms with E-state index < -0.39 is 28.4 Å². The number of carbonyl (C=O) groups excluding carboxylic acids is 1. The van der Waals surface area contributed by atoms with Crippen LogP contribution in [0.15, 0.2) is 42.2 Å². The summed E-state index contributed by atoms with van der Waals surface area (Å²) in [5.74, 6) is -0.515. The number of halogens is 1. The molecule has 0 amide bonds. The van der Waals surface area contributed by atoms with Crippen molar-refractivity contribution in [2.45, 2.75) is 31.1 Å². The van der Waals surface area contributed by atoms with Crippen LogP contribution in [0.4, 0.5) is 5.82 Å². The van der Waals surface area contributed by atoms with E-state index in [4.69, 9.17) is 16.7 Å². The Balaban J connectivity index is 1.47. The van der Waals surface area contributed by atoms with E-state index in [0.717, 1.165) is 11.3 Å². The number of aliphatic hydroxyl groups is 2. The van der Waals surface area contributed by atoms with Crippen molar-refractivity contribution in [2.75, 3.05) is 11.9 Å². The molecule has 11 nitrogen and oxygen atoms in total. The highest BCUT2D eigenvalue weighted by molar-refractivity contribution is 7.84. The lowest BCUT2D eigenvalue weighted by Crippen LogP contribution is -2.24. The van der Waals surface area contributed by atoms with Gasteiger partial charge in [-0.05, 0) is 42.0 Å². The zero-order valence-electron chi connectivity index (χ0n) is 18.1. The predicted octanol–water partition coefficient (Wildman–Crippen LogP) is 1.67. The van der Waals surface area contributed by atoms with Crippen LogP contribution in [0.2, 0.25) is 5.15 Å². The number of nitrogens with zero attached hydrogens (tertiary/aromatic N) is 3. The number of rotatable bonds is 9. The largest absolute Gasteiger partial charge is 0.393 e. The highest BCUT2D eigenvalue weighted by Gasteiger charge is 2.35. The average Bonchev–Trinajstić information content (AvgIpc) is 3.43. The summed E-state index contributed by atoms with van der Waals surface area (Å²) in [5, 5.41) is 30.8. The minimum atomic E-state index is -4.11. The molecule has 14 heteroatoms. The molecule has 3 aromatic heterocycles. The molecule has 186 valence electrons. The fourth-order valence-electron chi connectivity index (χ4n) is 3.88. The fourth-order valence-corrected chi connectivity index (χ4v) is 5.30. The van der Waals surface area contributed by atoms with Gasteiger partial charge < -0.3 is 15.5 Å². The van der Waals surface area contributed by atoms with Crippen molar-refractivity contribution in [2.24, 2.45) is 11.1 Å². The molecule has 0 saturated heterocycles. The van der Waals surface area contributed by atoms with Gasteiger partial charge in [-0.15, -0.1) is 11.3 Å². The van der Waals surface area contributed by atoms with Crippen LogP contribution in [0, 0.1) is 5.92 Å². The third-order valence-corrected chi connectivity index (χ3v) is 7.20. The number of thiophene rings is 1. The lowest BCUT2D eigenvalue weighted by Gasteiger charge is -2.15. The summed E-state index contributed by atoms with van der Waals surface area (Å²) in [6, 6.07) is 6.21. The Hall–Kier alpha value is -2.52. The Bertz CT molecular complexity index is 1320.